The molecule has 0 saturated carbocycles. The Morgan fingerprint density at radius 1 is 1.03 bits per heavy atom. The van der Waals surface area contributed by atoms with E-state index in [9.17, 15) is 4.79 Å². The number of benzene rings is 2. The van der Waals surface area contributed by atoms with Crippen molar-refractivity contribution in [1.29, 1.82) is 0 Å². The summed E-state index contributed by atoms with van der Waals surface area (Å²) in [4.78, 5) is 13.2. The van der Waals surface area contributed by atoms with E-state index in [1.807, 2.05) is 62.4 Å². The molecular formula is C26H28N4O2S. The number of methoxy groups -OCH3 is 1. The number of Topliss-reactive ketones (excluding diaryl/α,β-unsaturated/α-hetero) is 1. The lowest BCUT2D eigenvalue weighted by molar-refractivity contribution is 0.102. The van der Waals surface area contributed by atoms with Crippen molar-refractivity contribution in [3.05, 3.63) is 77.6 Å². The number of ketones is 1. The van der Waals surface area contributed by atoms with Gasteiger partial charge in [0, 0.05) is 34.2 Å². The Hall–Kier alpha value is -3.32. The maximum absolute atomic E-state index is 13.2. The molecule has 6 nitrogen and oxygen atoms in total. The van der Waals surface area contributed by atoms with Crippen LogP contribution >= 0.6 is 11.8 Å². The molecule has 0 saturated heterocycles. The smallest absolute Gasteiger partial charge is 0.192 e. The lowest BCUT2D eigenvalue weighted by Crippen LogP contribution is -2.08. The minimum absolute atomic E-state index is 0.0829. The highest BCUT2D eigenvalue weighted by atomic mass is 32.2. The van der Waals surface area contributed by atoms with Gasteiger partial charge in [-0.05, 0) is 70.2 Å². The minimum atomic E-state index is 0.0829. The molecule has 33 heavy (non-hydrogen) atoms. The molecule has 170 valence electrons. The van der Waals surface area contributed by atoms with Gasteiger partial charge < -0.3 is 9.30 Å². The number of ether oxygens (including phenoxy) is 1. The molecule has 0 bridgehead atoms. The second-order valence-electron chi connectivity index (χ2n) is 8.17. The van der Waals surface area contributed by atoms with Gasteiger partial charge in [-0.25, -0.2) is 0 Å². The van der Waals surface area contributed by atoms with Crippen molar-refractivity contribution in [2.75, 3.05) is 12.9 Å². The van der Waals surface area contributed by atoms with Crippen LogP contribution in [0.3, 0.4) is 0 Å². The molecule has 2 aromatic heterocycles. The molecule has 0 spiro atoms. The summed E-state index contributed by atoms with van der Waals surface area (Å²) in [6, 6.07) is 20.0. The van der Waals surface area contributed by atoms with Crippen molar-refractivity contribution >= 4 is 17.5 Å². The van der Waals surface area contributed by atoms with Gasteiger partial charge in [0.2, 0.25) is 0 Å². The summed E-state index contributed by atoms with van der Waals surface area (Å²) in [7, 11) is 1.65. The third-order valence-corrected chi connectivity index (χ3v) is 6.55. The Labute approximate surface area is 198 Å². The van der Waals surface area contributed by atoms with Crippen LogP contribution in [0.1, 0.15) is 41.6 Å². The third-order valence-electron chi connectivity index (χ3n) is 5.61. The first-order chi connectivity index (χ1) is 15.9. The number of hydrogen-bond acceptors (Lipinski definition) is 5. The Morgan fingerprint density at radius 2 is 1.73 bits per heavy atom. The Balaban J connectivity index is 1.56. The van der Waals surface area contributed by atoms with E-state index >= 15 is 0 Å². The molecule has 0 amide bonds. The number of aryl methyl sites for hydroxylation is 1. The molecular weight excluding hydrogens is 432 g/mol. The molecule has 2 aromatic carbocycles. The predicted octanol–water partition coefficient (Wildman–Crippen LogP) is 5.92. The van der Waals surface area contributed by atoms with Crippen molar-refractivity contribution in [1.82, 2.24) is 19.3 Å². The van der Waals surface area contributed by atoms with Crippen LogP contribution in [-0.2, 0) is 0 Å². The lowest BCUT2D eigenvalue weighted by atomic mass is 10.2. The number of nitrogens with zero attached hydrogens (tertiary/aromatic N) is 4. The average Bonchev–Trinajstić information content (AvgIpc) is 3.38. The maximum Gasteiger partial charge on any atom is 0.192 e. The standard InChI is InChI=1S/C26H28N4O2S/c1-17(2)29-25(20-11-13-22(32-5)14-12-20)27-28-26(29)33-16-24(31)23-15-18(3)30(19(23)4)21-9-7-6-8-10-21/h6-15,17H,16H2,1-5H3. The third kappa shape index (κ3) is 4.59. The van der Waals surface area contributed by atoms with Crippen LogP contribution in [0.4, 0.5) is 0 Å². The molecule has 2 heterocycles. The SMILES string of the molecule is COc1ccc(-c2nnc(SCC(=O)c3cc(C)n(-c4ccccc4)c3C)n2C(C)C)cc1. The van der Waals surface area contributed by atoms with E-state index in [1.165, 1.54) is 11.8 Å². The van der Waals surface area contributed by atoms with Gasteiger partial charge in [0.25, 0.3) is 0 Å². The molecule has 0 atom stereocenters. The highest BCUT2D eigenvalue weighted by Gasteiger charge is 2.21. The number of carbonyl (C=O) groups excluding carboxylic acids is 1. The van der Waals surface area contributed by atoms with Crippen LogP contribution in [0.5, 0.6) is 5.75 Å². The largest absolute Gasteiger partial charge is 0.497 e. The summed E-state index contributed by atoms with van der Waals surface area (Å²) in [6.45, 7) is 8.21. The Morgan fingerprint density at radius 3 is 2.36 bits per heavy atom. The fourth-order valence-corrected chi connectivity index (χ4v) is 4.96. The quantitative estimate of drug-likeness (QED) is 0.241. The van der Waals surface area contributed by atoms with E-state index in [1.54, 1.807) is 7.11 Å². The van der Waals surface area contributed by atoms with Gasteiger partial charge in [0.15, 0.2) is 16.8 Å². The second kappa shape index (κ2) is 9.67. The van der Waals surface area contributed by atoms with E-state index in [-0.39, 0.29) is 11.8 Å². The lowest BCUT2D eigenvalue weighted by Gasteiger charge is -2.14. The number of hydrogen-bond donors (Lipinski definition) is 0. The number of carbonyl (C=O) groups is 1. The molecule has 7 heteroatoms. The first kappa shape index (κ1) is 22.9. The molecule has 0 aliphatic carbocycles. The van der Waals surface area contributed by atoms with Crippen LogP contribution < -0.4 is 4.74 Å². The number of aromatic nitrogens is 4. The predicted molar refractivity (Wildman–Crippen MR) is 133 cm³/mol. The van der Waals surface area contributed by atoms with E-state index < -0.39 is 0 Å². The van der Waals surface area contributed by atoms with Gasteiger partial charge >= 0.3 is 0 Å². The van der Waals surface area contributed by atoms with Gasteiger partial charge in [-0.1, -0.05) is 30.0 Å². The van der Waals surface area contributed by atoms with Crippen LogP contribution in [-0.4, -0.2) is 38.0 Å². The van der Waals surface area contributed by atoms with Crippen LogP contribution in [0.15, 0.2) is 65.8 Å². The second-order valence-corrected chi connectivity index (χ2v) is 9.11. The number of rotatable bonds is 8. The summed E-state index contributed by atoms with van der Waals surface area (Å²) in [5.41, 5.74) is 4.76. The van der Waals surface area contributed by atoms with Crippen molar-refractivity contribution in [3.8, 4) is 22.8 Å². The average molecular weight is 461 g/mol. The molecule has 0 N–H and O–H groups in total. The molecule has 4 rings (SSSR count). The van der Waals surface area contributed by atoms with E-state index in [4.69, 9.17) is 4.74 Å². The molecule has 0 aliphatic rings. The summed E-state index contributed by atoms with van der Waals surface area (Å²) < 4.78 is 9.45. The highest BCUT2D eigenvalue weighted by Crippen LogP contribution is 2.30. The summed E-state index contributed by atoms with van der Waals surface area (Å²) in [6.07, 6.45) is 0. The number of para-hydroxylation sites is 1. The topological polar surface area (TPSA) is 61.9 Å². The first-order valence-corrected chi connectivity index (χ1v) is 11.9. The monoisotopic (exact) mass is 460 g/mol. The van der Waals surface area contributed by atoms with E-state index in [0.717, 1.165) is 44.9 Å². The first-order valence-electron chi connectivity index (χ1n) is 10.9. The molecule has 4 aromatic rings. The van der Waals surface area contributed by atoms with Crippen LogP contribution in [0.2, 0.25) is 0 Å². The van der Waals surface area contributed by atoms with Crippen molar-refractivity contribution in [3.63, 3.8) is 0 Å². The minimum Gasteiger partial charge on any atom is -0.497 e. The van der Waals surface area contributed by atoms with Crippen molar-refractivity contribution in [2.45, 2.75) is 38.9 Å². The molecule has 0 fully saturated rings. The molecule has 0 radical (unpaired) electrons. The van der Waals surface area contributed by atoms with Crippen LogP contribution in [0.25, 0.3) is 17.1 Å². The molecule has 0 aliphatic heterocycles. The Kier molecular flexibility index (Phi) is 6.70. The van der Waals surface area contributed by atoms with Gasteiger partial charge in [0.1, 0.15) is 5.75 Å². The van der Waals surface area contributed by atoms with Gasteiger partial charge in [-0.2, -0.15) is 0 Å². The fraction of sp³-hybridized carbons (Fsp3) is 0.269. The van der Waals surface area contributed by atoms with Gasteiger partial charge in [0.05, 0.1) is 12.9 Å². The zero-order valence-electron chi connectivity index (χ0n) is 19.6. The van der Waals surface area contributed by atoms with Gasteiger partial charge in [-0.3, -0.25) is 9.36 Å². The fourth-order valence-electron chi connectivity index (χ4n) is 4.01. The van der Waals surface area contributed by atoms with Gasteiger partial charge in [-0.15, -0.1) is 10.2 Å². The molecule has 0 unspecified atom stereocenters. The van der Waals surface area contributed by atoms with Crippen molar-refractivity contribution in [2.24, 2.45) is 0 Å². The normalized spacial score (nSPS) is 11.2. The summed E-state index contributed by atoms with van der Waals surface area (Å²) in [5, 5.41) is 9.56. The number of thioether (sulfide) groups is 1. The summed E-state index contributed by atoms with van der Waals surface area (Å²) in [5.74, 6) is 1.96. The van der Waals surface area contributed by atoms with E-state index in [2.05, 4.69) is 45.3 Å². The zero-order chi connectivity index (χ0) is 23.5. The van der Waals surface area contributed by atoms with E-state index in [0.29, 0.717) is 5.75 Å². The van der Waals surface area contributed by atoms with Crippen molar-refractivity contribution < 1.29 is 9.53 Å². The Bertz CT molecular complexity index is 1260. The summed E-state index contributed by atoms with van der Waals surface area (Å²) >= 11 is 1.43. The highest BCUT2D eigenvalue weighted by molar-refractivity contribution is 7.99. The van der Waals surface area contributed by atoms with Crippen LogP contribution in [0, 0.1) is 13.8 Å². The maximum atomic E-state index is 13.2. The zero-order valence-corrected chi connectivity index (χ0v) is 20.4.